The number of piperidine rings is 1. The molecule has 5 rings (SSSR count). The van der Waals surface area contributed by atoms with Crippen LogP contribution in [0, 0.1) is 6.57 Å². The molecule has 1 saturated heterocycles. The van der Waals surface area contributed by atoms with Crippen molar-refractivity contribution in [2.24, 2.45) is 0 Å². The quantitative estimate of drug-likeness (QED) is 0.336. The highest BCUT2D eigenvalue weighted by Crippen LogP contribution is 2.27. The van der Waals surface area contributed by atoms with E-state index in [1.165, 1.54) is 28.9 Å². The van der Waals surface area contributed by atoms with Gasteiger partial charge in [0, 0.05) is 43.2 Å². The Morgan fingerprint density at radius 1 is 1.08 bits per heavy atom. The average molecular weight is 522 g/mol. The molecule has 0 radical (unpaired) electrons. The molecule has 9 nitrogen and oxygen atoms in total. The van der Waals surface area contributed by atoms with Gasteiger partial charge in [0.15, 0.2) is 0 Å². The maximum Gasteiger partial charge on any atom is 0.573 e. The summed E-state index contributed by atoms with van der Waals surface area (Å²) in [6.07, 6.45) is -3.13. The number of nitrogens with zero attached hydrogens (tertiary/aromatic N) is 6. The second kappa shape index (κ2) is 10.4. The third-order valence-corrected chi connectivity index (χ3v) is 6.11. The molecule has 0 saturated carbocycles. The highest BCUT2D eigenvalue weighted by atomic mass is 19.4. The Labute approximate surface area is 214 Å². The monoisotopic (exact) mass is 522 g/mol. The van der Waals surface area contributed by atoms with E-state index < -0.39 is 6.36 Å². The number of rotatable bonds is 6. The standard InChI is InChI=1S/C26H21F3N6O3/c1-30-19-11-13-34(14-12-19)20-4-2-3-17(15-20)16-35-23(36)10-9-22(32-35)25-31-24(33-38-25)18-5-7-21(8-6-18)37-26(27,28)29/h2-10,15,19H,11-14,16H2. The van der Waals surface area contributed by atoms with Gasteiger partial charge in [0.1, 0.15) is 11.4 Å². The van der Waals surface area contributed by atoms with Crippen LogP contribution in [-0.4, -0.2) is 45.4 Å². The van der Waals surface area contributed by atoms with Gasteiger partial charge in [0.05, 0.1) is 6.54 Å². The summed E-state index contributed by atoms with van der Waals surface area (Å²) in [5.74, 6) is -0.163. The molecular weight excluding hydrogens is 501 g/mol. The van der Waals surface area contributed by atoms with Crippen molar-refractivity contribution in [1.29, 1.82) is 0 Å². The van der Waals surface area contributed by atoms with E-state index in [0.717, 1.165) is 49.3 Å². The van der Waals surface area contributed by atoms with Crippen LogP contribution in [0.2, 0.25) is 0 Å². The first-order valence-electron chi connectivity index (χ1n) is 11.8. The van der Waals surface area contributed by atoms with Gasteiger partial charge in [-0.05, 0) is 48.0 Å². The lowest BCUT2D eigenvalue weighted by atomic mass is 10.0. The van der Waals surface area contributed by atoms with Crippen molar-refractivity contribution >= 4 is 5.69 Å². The fourth-order valence-corrected chi connectivity index (χ4v) is 4.20. The first kappa shape index (κ1) is 25.0. The van der Waals surface area contributed by atoms with Crippen molar-refractivity contribution in [1.82, 2.24) is 19.9 Å². The molecular formula is C26H21F3N6O3. The van der Waals surface area contributed by atoms with E-state index in [9.17, 15) is 18.0 Å². The van der Waals surface area contributed by atoms with Gasteiger partial charge in [-0.2, -0.15) is 10.1 Å². The van der Waals surface area contributed by atoms with Crippen LogP contribution in [0.1, 0.15) is 18.4 Å². The van der Waals surface area contributed by atoms with Gasteiger partial charge in [-0.1, -0.05) is 17.3 Å². The zero-order valence-electron chi connectivity index (χ0n) is 19.9. The van der Waals surface area contributed by atoms with Crippen molar-refractivity contribution in [3.8, 4) is 28.7 Å². The number of hydrogen-bond donors (Lipinski definition) is 0. The molecule has 0 bridgehead atoms. The third-order valence-electron chi connectivity index (χ3n) is 6.11. The number of alkyl halides is 3. The summed E-state index contributed by atoms with van der Waals surface area (Å²) >= 11 is 0. The number of aromatic nitrogens is 4. The smallest absolute Gasteiger partial charge is 0.406 e. The number of ether oxygens (including phenoxy) is 1. The Morgan fingerprint density at radius 3 is 2.55 bits per heavy atom. The van der Waals surface area contributed by atoms with Crippen LogP contribution in [0.4, 0.5) is 18.9 Å². The topological polar surface area (TPSA) is 90.6 Å². The van der Waals surface area contributed by atoms with E-state index in [0.29, 0.717) is 5.56 Å². The van der Waals surface area contributed by atoms with Crippen LogP contribution in [-0.2, 0) is 6.54 Å². The van der Waals surface area contributed by atoms with E-state index in [2.05, 4.69) is 29.7 Å². The van der Waals surface area contributed by atoms with Gasteiger partial charge in [0.25, 0.3) is 11.4 Å². The van der Waals surface area contributed by atoms with Crippen LogP contribution in [0.5, 0.6) is 5.75 Å². The van der Waals surface area contributed by atoms with E-state index in [1.807, 2.05) is 24.3 Å². The summed E-state index contributed by atoms with van der Waals surface area (Å²) < 4.78 is 47.6. The maximum absolute atomic E-state index is 12.5. The molecule has 3 heterocycles. The van der Waals surface area contributed by atoms with E-state index in [-0.39, 0.29) is 41.3 Å². The number of hydrogen-bond acceptors (Lipinski definition) is 7. The van der Waals surface area contributed by atoms with Crippen molar-refractivity contribution in [3.05, 3.63) is 88.0 Å². The Balaban J connectivity index is 1.32. The molecule has 0 spiro atoms. The lowest BCUT2D eigenvalue weighted by Gasteiger charge is -2.29. The summed E-state index contributed by atoms with van der Waals surface area (Å²) in [6, 6.07) is 15.8. The molecule has 0 N–H and O–H groups in total. The van der Waals surface area contributed by atoms with Gasteiger partial charge in [-0.3, -0.25) is 4.79 Å². The molecule has 1 aliphatic rings. The minimum absolute atomic E-state index is 0.0563. The van der Waals surface area contributed by atoms with Crippen molar-refractivity contribution in [3.63, 3.8) is 0 Å². The third kappa shape index (κ3) is 5.83. The number of benzene rings is 2. The van der Waals surface area contributed by atoms with Crippen LogP contribution >= 0.6 is 0 Å². The number of anilines is 1. The minimum Gasteiger partial charge on any atom is -0.406 e. The van der Waals surface area contributed by atoms with Crippen molar-refractivity contribution in [2.75, 3.05) is 18.0 Å². The second-order valence-corrected chi connectivity index (χ2v) is 8.73. The molecule has 0 amide bonds. The zero-order chi connectivity index (χ0) is 26.7. The number of halogens is 3. The molecule has 0 unspecified atom stereocenters. The lowest BCUT2D eigenvalue weighted by molar-refractivity contribution is -0.274. The minimum atomic E-state index is -4.78. The molecule has 1 fully saturated rings. The molecule has 38 heavy (non-hydrogen) atoms. The summed E-state index contributed by atoms with van der Waals surface area (Å²) in [6.45, 7) is 9.06. The van der Waals surface area contributed by atoms with Crippen LogP contribution in [0.15, 0.2) is 70.0 Å². The maximum atomic E-state index is 12.5. The fraction of sp³-hybridized carbons (Fsp3) is 0.269. The average Bonchev–Trinajstić information content (AvgIpc) is 3.40. The Bertz CT molecular complexity index is 1520. The predicted octanol–water partition coefficient (Wildman–Crippen LogP) is 4.80. The van der Waals surface area contributed by atoms with Gasteiger partial charge in [-0.25, -0.2) is 11.3 Å². The normalized spacial score (nSPS) is 14.3. The first-order chi connectivity index (χ1) is 18.3. The lowest BCUT2D eigenvalue weighted by Crippen LogP contribution is -2.34. The largest absolute Gasteiger partial charge is 0.573 e. The van der Waals surface area contributed by atoms with Gasteiger partial charge in [-0.15, -0.1) is 13.2 Å². The zero-order valence-corrected chi connectivity index (χ0v) is 19.9. The Hall–Kier alpha value is -4.66. The van der Waals surface area contributed by atoms with Crippen LogP contribution in [0.3, 0.4) is 0 Å². The summed E-state index contributed by atoms with van der Waals surface area (Å²) in [5, 5.41) is 8.26. The summed E-state index contributed by atoms with van der Waals surface area (Å²) in [4.78, 5) is 22.7. The molecule has 1 aliphatic heterocycles. The Kier molecular flexibility index (Phi) is 6.83. The van der Waals surface area contributed by atoms with E-state index in [4.69, 9.17) is 11.1 Å². The highest BCUT2D eigenvalue weighted by Gasteiger charge is 2.31. The molecule has 2 aromatic heterocycles. The van der Waals surface area contributed by atoms with Crippen molar-refractivity contribution < 1.29 is 22.4 Å². The Morgan fingerprint density at radius 2 is 1.84 bits per heavy atom. The summed E-state index contributed by atoms with van der Waals surface area (Å²) in [7, 11) is 0. The summed E-state index contributed by atoms with van der Waals surface area (Å²) in [5.41, 5.74) is 2.30. The van der Waals surface area contributed by atoms with Crippen molar-refractivity contribution in [2.45, 2.75) is 31.8 Å². The molecule has 0 atom stereocenters. The molecule has 0 aliphatic carbocycles. The SMILES string of the molecule is [C-]#[N+]C1CCN(c2cccc(Cn3nc(-c4nc(-c5ccc(OC(F)(F)F)cc5)no4)ccc3=O)c2)CC1. The van der Waals surface area contributed by atoms with Crippen LogP contribution < -0.4 is 15.2 Å². The molecule has 12 heteroatoms. The van der Waals surface area contributed by atoms with Gasteiger partial charge in [0.2, 0.25) is 11.9 Å². The predicted molar refractivity (Wildman–Crippen MR) is 131 cm³/mol. The second-order valence-electron chi connectivity index (χ2n) is 8.73. The fourth-order valence-electron chi connectivity index (χ4n) is 4.20. The highest BCUT2D eigenvalue weighted by molar-refractivity contribution is 5.58. The first-order valence-corrected chi connectivity index (χ1v) is 11.8. The molecule has 194 valence electrons. The van der Waals surface area contributed by atoms with Gasteiger partial charge < -0.3 is 19.0 Å². The van der Waals surface area contributed by atoms with E-state index in [1.54, 1.807) is 0 Å². The molecule has 2 aromatic carbocycles. The van der Waals surface area contributed by atoms with E-state index >= 15 is 0 Å². The van der Waals surface area contributed by atoms with Crippen LogP contribution in [0.25, 0.3) is 27.8 Å². The molecule has 4 aromatic rings. The van der Waals surface area contributed by atoms with Gasteiger partial charge >= 0.3 is 6.36 Å².